The molecule has 1 aliphatic rings. The number of fused-ring (bicyclic) bond motifs is 1. The minimum atomic E-state index is -0.194. The standard InChI is InChI=1S/C41H38N.C34H36BrN4.Ir/c1-40(2,3)36-18-14-28(15-19-36)33-25-34(29-16-20-37(21-17-29)41(4,5)6)27-35(26-33)31-11-9-12-32(24-31)39-38-13-8-7-10-30(38)22-23-42-39;1-33(2,3)26-15-10-22(11-16-26)30-37-31(23-12-17-27(18-13-23)34(4,5)6)39-32(38-30)25-14-19-29(36-21-25)24-8-7-9-28(35)20-24;/h7-11,13-27H,1-6H3;7,9-21,30,32,38H,1-6H3,(H,37,39);/q2*-1;. The molecule has 1 aliphatic heterocycles. The molecule has 417 valence electrons. The van der Waals surface area contributed by atoms with E-state index in [9.17, 15) is 0 Å². The molecule has 0 aliphatic carbocycles. The Kier molecular flexibility index (Phi) is 17.7. The molecule has 2 N–H and O–H groups in total. The number of aromatic nitrogens is 2. The summed E-state index contributed by atoms with van der Waals surface area (Å²) in [5.74, 6) is 0.869. The Morgan fingerprint density at radius 3 is 1.45 bits per heavy atom. The van der Waals surface area contributed by atoms with Gasteiger partial charge in [-0.3, -0.25) is 5.32 Å². The van der Waals surface area contributed by atoms with Gasteiger partial charge in [-0.25, -0.2) is 4.99 Å². The number of nitrogens with one attached hydrogen (secondary N) is 2. The number of hydrogen-bond donors (Lipinski definition) is 2. The number of hydrogen-bond acceptors (Lipinski definition) is 5. The molecule has 0 amide bonds. The SMILES string of the molecule is CC(C)(C)c1ccc(-c2cc(-c3ccc(C(C)(C)C)cc3)cc(-c3cc[c-]c(-c4nccc5ccccc45)c3)c2)cc1.CC(C)(C)c1ccc(C2=NC(c3ccc(C(C)(C)C)cc3)NC(c3ccc(-c4[c-]ccc(Br)c4)nc3)N2)cc1.[Ir]. The summed E-state index contributed by atoms with van der Waals surface area (Å²) in [5, 5.41) is 9.65. The van der Waals surface area contributed by atoms with Gasteiger partial charge in [0, 0.05) is 43.6 Å². The van der Waals surface area contributed by atoms with E-state index in [4.69, 9.17) is 15.0 Å². The molecule has 2 atom stereocenters. The summed E-state index contributed by atoms with van der Waals surface area (Å²) < 4.78 is 1.01. The third kappa shape index (κ3) is 14.0. The van der Waals surface area contributed by atoms with E-state index < -0.39 is 0 Å². The molecule has 0 saturated carbocycles. The van der Waals surface area contributed by atoms with E-state index in [1.807, 2.05) is 42.7 Å². The number of aliphatic imine (C=N–C) groups is 1. The van der Waals surface area contributed by atoms with E-state index in [0.717, 1.165) is 60.5 Å². The van der Waals surface area contributed by atoms with Gasteiger partial charge >= 0.3 is 0 Å². The molecule has 0 bridgehead atoms. The van der Waals surface area contributed by atoms with Crippen molar-refractivity contribution in [1.29, 1.82) is 0 Å². The first-order valence-corrected chi connectivity index (χ1v) is 29.0. The van der Waals surface area contributed by atoms with Crippen LogP contribution in [0, 0.1) is 12.1 Å². The number of pyridine rings is 2. The molecule has 5 nitrogen and oxygen atoms in total. The van der Waals surface area contributed by atoms with Crippen LogP contribution in [0.4, 0.5) is 0 Å². The van der Waals surface area contributed by atoms with Crippen molar-refractivity contribution in [2.24, 2.45) is 4.99 Å². The van der Waals surface area contributed by atoms with Crippen molar-refractivity contribution in [2.75, 3.05) is 0 Å². The van der Waals surface area contributed by atoms with E-state index >= 15 is 0 Å². The zero-order chi connectivity index (χ0) is 57.3. The summed E-state index contributed by atoms with van der Waals surface area (Å²) >= 11 is 3.54. The molecule has 3 heterocycles. The molecule has 7 heteroatoms. The number of halogens is 1. The number of amidine groups is 1. The largest absolute Gasteiger partial charge is 0.350 e. The fourth-order valence-electron chi connectivity index (χ4n) is 10.2. The maximum atomic E-state index is 5.12. The predicted molar refractivity (Wildman–Crippen MR) is 345 cm³/mol. The van der Waals surface area contributed by atoms with Gasteiger partial charge in [-0.1, -0.05) is 237 Å². The normalized spacial score (nSPS) is 14.7. The van der Waals surface area contributed by atoms with Crippen LogP contribution < -0.4 is 10.6 Å². The Labute approximate surface area is 509 Å². The Bertz CT molecular complexity index is 3760. The minimum Gasteiger partial charge on any atom is -0.350 e. The van der Waals surface area contributed by atoms with Crippen LogP contribution in [-0.2, 0) is 41.8 Å². The third-order valence-corrected chi connectivity index (χ3v) is 15.8. The average molecular weight is 1320 g/mol. The van der Waals surface area contributed by atoms with Crippen molar-refractivity contribution in [3.8, 4) is 55.9 Å². The maximum Gasteiger partial charge on any atom is 0.131 e. The van der Waals surface area contributed by atoms with Gasteiger partial charge < -0.3 is 15.3 Å². The quantitative estimate of drug-likeness (QED) is 0.149. The number of nitrogens with zero attached hydrogens (tertiary/aromatic N) is 3. The van der Waals surface area contributed by atoms with E-state index in [-0.39, 0.29) is 54.1 Å². The van der Waals surface area contributed by atoms with E-state index in [1.54, 1.807) is 0 Å². The van der Waals surface area contributed by atoms with Crippen LogP contribution in [0.15, 0.2) is 216 Å². The van der Waals surface area contributed by atoms with Crippen molar-refractivity contribution >= 4 is 32.5 Å². The van der Waals surface area contributed by atoms with E-state index in [0.29, 0.717) is 0 Å². The predicted octanol–water partition coefficient (Wildman–Crippen LogP) is 19.5. The molecule has 0 fully saturated rings. The van der Waals surface area contributed by atoms with Crippen LogP contribution >= 0.6 is 15.9 Å². The summed E-state index contributed by atoms with van der Waals surface area (Å²) in [6.45, 7) is 27.0. The van der Waals surface area contributed by atoms with Gasteiger partial charge in [-0.2, -0.15) is 0 Å². The molecule has 0 saturated heterocycles. The maximum absolute atomic E-state index is 5.12. The Morgan fingerprint density at radius 1 is 0.439 bits per heavy atom. The Morgan fingerprint density at radius 2 is 0.927 bits per heavy atom. The molecule has 82 heavy (non-hydrogen) atoms. The minimum absolute atomic E-state index is 0. The fraction of sp³-hybridized carbons (Fsp3) is 0.240. The first kappa shape index (κ1) is 59.5. The van der Waals surface area contributed by atoms with Gasteiger partial charge in [0.05, 0.1) is 0 Å². The van der Waals surface area contributed by atoms with Gasteiger partial charge in [-0.15, -0.1) is 65.2 Å². The van der Waals surface area contributed by atoms with Crippen molar-refractivity contribution in [3.05, 3.63) is 262 Å². The van der Waals surface area contributed by atoms with Crippen LogP contribution in [0.1, 0.15) is 134 Å². The molecule has 10 aromatic rings. The van der Waals surface area contributed by atoms with E-state index in [2.05, 4.69) is 286 Å². The molecular weight excluding hydrogens is 1240 g/mol. The van der Waals surface area contributed by atoms with Gasteiger partial charge in [0.15, 0.2) is 0 Å². The van der Waals surface area contributed by atoms with Crippen molar-refractivity contribution in [2.45, 2.75) is 117 Å². The third-order valence-electron chi connectivity index (χ3n) is 15.3. The second-order valence-corrected chi connectivity index (χ2v) is 26.5. The van der Waals surface area contributed by atoms with Gasteiger partial charge in [-0.05, 0) is 124 Å². The van der Waals surface area contributed by atoms with Crippen molar-refractivity contribution in [3.63, 3.8) is 0 Å². The van der Waals surface area contributed by atoms with Gasteiger partial charge in [0.25, 0.3) is 0 Å². The molecule has 2 unspecified atom stereocenters. The average Bonchev–Trinajstić information content (AvgIpc) is 3.50. The molecule has 8 aromatic carbocycles. The monoisotopic (exact) mass is 1320 g/mol. The summed E-state index contributed by atoms with van der Waals surface area (Å²) in [6, 6.07) is 76.3. The van der Waals surface area contributed by atoms with Crippen LogP contribution in [0.5, 0.6) is 0 Å². The summed E-state index contributed by atoms with van der Waals surface area (Å²) in [6.07, 6.45) is 3.47. The first-order valence-electron chi connectivity index (χ1n) is 28.2. The Balaban J connectivity index is 0.000000196. The van der Waals surface area contributed by atoms with E-state index in [1.165, 1.54) is 55.5 Å². The zero-order valence-electron chi connectivity index (χ0n) is 49.3. The second-order valence-electron chi connectivity index (χ2n) is 25.5. The first-order chi connectivity index (χ1) is 38.5. The molecule has 2 aromatic heterocycles. The number of benzene rings is 8. The second kappa shape index (κ2) is 24.4. The fourth-order valence-corrected chi connectivity index (χ4v) is 10.6. The van der Waals surface area contributed by atoms with Crippen molar-refractivity contribution in [1.82, 2.24) is 20.6 Å². The summed E-state index contributed by atoms with van der Waals surface area (Å²) in [5.41, 5.74) is 20.0. The van der Waals surface area contributed by atoms with Crippen LogP contribution in [-0.4, -0.2) is 15.8 Å². The van der Waals surface area contributed by atoms with Crippen molar-refractivity contribution < 1.29 is 20.1 Å². The topological polar surface area (TPSA) is 62.2 Å². The van der Waals surface area contributed by atoms with Crippen LogP contribution in [0.25, 0.3) is 66.7 Å². The summed E-state index contributed by atoms with van der Waals surface area (Å²) in [4.78, 5) is 14.7. The molecular formula is C75H74BrIrN5-2. The smallest absolute Gasteiger partial charge is 0.131 e. The van der Waals surface area contributed by atoms with Crippen LogP contribution in [0.2, 0.25) is 0 Å². The van der Waals surface area contributed by atoms with Gasteiger partial charge in [0.2, 0.25) is 0 Å². The zero-order valence-corrected chi connectivity index (χ0v) is 53.3. The van der Waals surface area contributed by atoms with Gasteiger partial charge in [0.1, 0.15) is 18.2 Å². The van der Waals surface area contributed by atoms with Crippen LogP contribution in [0.3, 0.4) is 0 Å². The Hall–Kier alpha value is -7.12. The molecule has 0 spiro atoms. The summed E-state index contributed by atoms with van der Waals surface area (Å²) in [7, 11) is 0. The molecule has 1 radical (unpaired) electrons. The molecule has 11 rings (SSSR count). The number of rotatable bonds is 8.